The summed E-state index contributed by atoms with van der Waals surface area (Å²) in [4.78, 5) is 20.1. The van der Waals surface area contributed by atoms with Gasteiger partial charge in [0, 0.05) is 18.2 Å². The van der Waals surface area contributed by atoms with Crippen LogP contribution in [0.1, 0.15) is 29.0 Å². The molecular weight excluding hydrogens is 302 g/mol. The van der Waals surface area contributed by atoms with Crippen molar-refractivity contribution in [3.8, 4) is 0 Å². The third-order valence-electron chi connectivity index (χ3n) is 3.49. The molecule has 0 aliphatic heterocycles. The van der Waals surface area contributed by atoms with Gasteiger partial charge in [-0.25, -0.2) is 14.8 Å². The number of ether oxygens (including phenoxy) is 1. The van der Waals surface area contributed by atoms with E-state index >= 15 is 0 Å². The Morgan fingerprint density at radius 1 is 1.32 bits per heavy atom. The Balaban J connectivity index is 1.74. The van der Waals surface area contributed by atoms with Crippen molar-refractivity contribution in [3.63, 3.8) is 0 Å². The topological polar surface area (TPSA) is 64.1 Å². The maximum Gasteiger partial charge on any atom is 0.337 e. The molecule has 0 amide bonds. The predicted molar refractivity (Wildman–Crippen MR) is 84.5 cm³/mol. The van der Waals surface area contributed by atoms with E-state index in [-0.39, 0.29) is 5.97 Å². The van der Waals surface area contributed by atoms with Crippen LogP contribution in [0, 0.1) is 5.92 Å². The fraction of sp³-hybridized carbons (Fsp3) is 0.312. The van der Waals surface area contributed by atoms with E-state index in [2.05, 4.69) is 20.0 Å². The van der Waals surface area contributed by atoms with Gasteiger partial charge in [0.2, 0.25) is 0 Å². The highest BCUT2D eigenvalue weighted by Crippen LogP contribution is 2.32. The smallest absolute Gasteiger partial charge is 0.337 e. The summed E-state index contributed by atoms with van der Waals surface area (Å²) in [5.74, 6) is 1.76. The number of nitrogens with zero attached hydrogens (tertiary/aromatic N) is 2. The molecule has 22 heavy (non-hydrogen) atoms. The van der Waals surface area contributed by atoms with Gasteiger partial charge in [-0.15, -0.1) is 0 Å². The van der Waals surface area contributed by atoms with E-state index in [4.69, 9.17) is 11.6 Å². The van der Waals surface area contributed by atoms with Gasteiger partial charge in [0.15, 0.2) is 0 Å². The molecule has 1 aliphatic carbocycles. The average Bonchev–Trinajstić information content (AvgIpc) is 3.30. The Labute approximate surface area is 133 Å². The van der Waals surface area contributed by atoms with Crippen LogP contribution in [0.15, 0.2) is 30.3 Å². The summed E-state index contributed by atoms with van der Waals surface area (Å²) < 4.78 is 4.67. The zero-order valence-electron chi connectivity index (χ0n) is 12.2. The van der Waals surface area contributed by atoms with Gasteiger partial charge in [-0.05, 0) is 43.0 Å². The van der Waals surface area contributed by atoms with E-state index in [0.717, 1.165) is 17.9 Å². The maximum atomic E-state index is 11.4. The van der Waals surface area contributed by atoms with Crippen molar-refractivity contribution >= 4 is 29.1 Å². The third kappa shape index (κ3) is 3.74. The molecule has 0 unspecified atom stereocenters. The molecular formula is C16H16ClN3O2. The molecule has 1 aromatic heterocycles. The number of hydrogen-bond acceptors (Lipinski definition) is 5. The molecule has 6 heteroatoms. The number of aromatic nitrogens is 2. The first-order valence-corrected chi connectivity index (χ1v) is 7.50. The molecule has 5 nitrogen and oxygen atoms in total. The van der Waals surface area contributed by atoms with Crippen molar-refractivity contribution in [3.05, 3.63) is 46.9 Å². The monoisotopic (exact) mass is 317 g/mol. The molecule has 3 rings (SSSR count). The number of carbonyl (C=O) groups is 1. The fourth-order valence-corrected chi connectivity index (χ4v) is 2.36. The van der Waals surface area contributed by atoms with Gasteiger partial charge >= 0.3 is 5.97 Å². The molecule has 1 N–H and O–H groups in total. The van der Waals surface area contributed by atoms with Crippen LogP contribution in [0.2, 0.25) is 5.15 Å². The van der Waals surface area contributed by atoms with Crippen LogP contribution >= 0.6 is 11.6 Å². The molecule has 0 bridgehead atoms. The lowest BCUT2D eigenvalue weighted by Crippen LogP contribution is -2.03. The normalized spacial score (nSPS) is 13.7. The molecule has 1 saturated carbocycles. The zero-order valence-corrected chi connectivity index (χ0v) is 12.9. The summed E-state index contributed by atoms with van der Waals surface area (Å²) in [7, 11) is 1.36. The fourth-order valence-electron chi connectivity index (χ4n) is 2.16. The van der Waals surface area contributed by atoms with Gasteiger partial charge in [-0.1, -0.05) is 11.6 Å². The Bertz CT molecular complexity index is 684. The Morgan fingerprint density at radius 2 is 2.05 bits per heavy atom. The van der Waals surface area contributed by atoms with E-state index in [9.17, 15) is 4.79 Å². The summed E-state index contributed by atoms with van der Waals surface area (Å²) in [6.07, 6.45) is 3.36. The van der Waals surface area contributed by atoms with Crippen LogP contribution < -0.4 is 5.32 Å². The van der Waals surface area contributed by atoms with E-state index in [0.29, 0.717) is 22.5 Å². The van der Waals surface area contributed by atoms with E-state index in [1.807, 2.05) is 0 Å². The molecule has 0 spiro atoms. The minimum absolute atomic E-state index is 0.358. The van der Waals surface area contributed by atoms with Crippen LogP contribution in [-0.4, -0.2) is 23.0 Å². The molecule has 1 aromatic carbocycles. The van der Waals surface area contributed by atoms with Crippen LogP contribution in [-0.2, 0) is 11.2 Å². The minimum Gasteiger partial charge on any atom is -0.465 e. The number of rotatable bonds is 5. The van der Waals surface area contributed by atoms with E-state index in [1.54, 1.807) is 30.3 Å². The number of benzene rings is 1. The third-order valence-corrected chi connectivity index (χ3v) is 3.68. The van der Waals surface area contributed by atoms with Gasteiger partial charge < -0.3 is 10.1 Å². The molecule has 114 valence electrons. The largest absolute Gasteiger partial charge is 0.465 e. The van der Waals surface area contributed by atoms with Crippen LogP contribution in [0.5, 0.6) is 0 Å². The van der Waals surface area contributed by atoms with Gasteiger partial charge in [-0.3, -0.25) is 0 Å². The minimum atomic E-state index is -0.358. The Morgan fingerprint density at radius 3 is 2.68 bits per heavy atom. The number of halogens is 1. The molecule has 1 aliphatic rings. The number of nitrogens with one attached hydrogen (secondary N) is 1. The summed E-state index contributed by atoms with van der Waals surface area (Å²) in [6, 6.07) is 8.67. The second-order valence-corrected chi connectivity index (χ2v) is 5.72. The Hall–Kier alpha value is -2.14. The molecule has 1 heterocycles. The van der Waals surface area contributed by atoms with Gasteiger partial charge in [-0.2, -0.15) is 0 Å². The first-order valence-electron chi connectivity index (χ1n) is 7.13. The average molecular weight is 318 g/mol. The molecule has 0 atom stereocenters. The SMILES string of the molecule is COC(=O)c1ccc(Nc2cc(Cl)nc(CC3CC3)n2)cc1. The van der Waals surface area contributed by atoms with Gasteiger partial charge in [0.05, 0.1) is 12.7 Å². The lowest BCUT2D eigenvalue weighted by Gasteiger charge is -2.08. The molecule has 0 saturated heterocycles. The lowest BCUT2D eigenvalue weighted by molar-refractivity contribution is 0.0601. The molecule has 0 radical (unpaired) electrons. The summed E-state index contributed by atoms with van der Waals surface area (Å²) in [6.45, 7) is 0. The number of methoxy groups -OCH3 is 1. The van der Waals surface area contributed by atoms with Crippen molar-refractivity contribution in [2.45, 2.75) is 19.3 Å². The highest BCUT2D eigenvalue weighted by atomic mass is 35.5. The van der Waals surface area contributed by atoms with Crippen LogP contribution in [0.25, 0.3) is 0 Å². The summed E-state index contributed by atoms with van der Waals surface area (Å²) >= 11 is 6.05. The highest BCUT2D eigenvalue weighted by Gasteiger charge is 2.23. The molecule has 2 aromatic rings. The predicted octanol–water partition coefficient (Wildman–Crippen LogP) is 3.61. The summed E-state index contributed by atoms with van der Waals surface area (Å²) in [5, 5.41) is 3.61. The standard InChI is InChI=1S/C16H16ClN3O2/c1-22-16(21)11-4-6-12(7-5-11)18-15-9-13(17)19-14(20-15)8-10-2-3-10/h4-7,9-10H,2-3,8H2,1H3,(H,18,19,20). The first-order chi connectivity index (χ1) is 10.6. The van der Waals surface area contributed by atoms with Crippen molar-refractivity contribution in [2.75, 3.05) is 12.4 Å². The summed E-state index contributed by atoms with van der Waals surface area (Å²) in [5.41, 5.74) is 1.32. The number of esters is 1. The van der Waals surface area contributed by atoms with Crippen molar-refractivity contribution in [1.82, 2.24) is 9.97 Å². The Kier molecular flexibility index (Phi) is 4.24. The van der Waals surface area contributed by atoms with Crippen LogP contribution in [0.3, 0.4) is 0 Å². The molecule has 1 fully saturated rings. The zero-order chi connectivity index (χ0) is 15.5. The maximum absolute atomic E-state index is 11.4. The quantitative estimate of drug-likeness (QED) is 0.674. The van der Waals surface area contributed by atoms with Crippen molar-refractivity contribution in [1.29, 1.82) is 0 Å². The second kappa shape index (κ2) is 6.32. The van der Waals surface area contributed by atoms with Gasteiger partial charge in [0.25, 0.3) is 0 Å². The van der Waals surface area contributed by atoms with Crippen LogP contribution in [0.4, 0.5) is 11.5 Å². The van der Waals surface area contributed by atoms with Gasteiger partial charge in [0.1, 0.15) is 16.8 Å². The number of carbonyl (C=O) groups excluding carboxylic acids is 1. The highest BCUT2D eigenvalue weighted by molar-refractivity contribution is 6.29. The van der Waals surface area contributed by atoms with E-state index in [1.165, 1.54) is 20.0 Å². The first kappa shape index (κ1) is 14.8. The number of anilines is 2. The number of hydrogen-bond donors (Lipinski definition) is 1. The lowest BCUT2D eigenvalue weighted by atomic mass is 10.2. The van der Waals surface area contributed by atoms with Crippen molar-refractivity contribution < 1.29 is 9.53 Å². The van der Waals surface area contributed by atoms with Crippen molar-refractivity contribution in [2.24, 2.45) is 5.92 Å². The van der Waals surface area contributed by atoms with E-state index < -0.39 is 0 Å². The second-order valence-electron chi connectivity index (χ2n) is 5.33.